The molecule has 0 aliphatic carbocycles. The molecule has 0 saturated heterocycles. The van der Waals surface area contributed by atoms with Crippen LogP contribution in [0, 0.1) is 13.0 Å². The molecule has 0 unspecified atom stereocenters. The molecule has 1 N–H and O–H groups in total. The number of hydrogen-bond acceptors (Lipinski definition) is 1. The van der Waals surface area contributed by atoms with E-state index >= 15 is 0 Å². The molecule has 0 aliphatic heterocycles. The van der Waals surface area contributed by atoms with Crippen LogP contribution in [0.1, 0.15) is 25.0 Å². The first-order chi connectivity index (χ1) is 6.27. The third kappa shape index (κ3) is 4.92. The smallest absolute Gasteiger partial charge is 0 e. The van der Waals surface area contributed by atoms with Crippen molar-refractivity contribution in [3.05, 3.63) is 35.9 Å². The van der Waals surface area contributed by atoms with Gasteiger partial charge in [-0.3, -0.25) is 0 Å². The van der Waals surface area contributed by atoms with E-state index in [-0.39, 0.29) is 32.7 Å². The van der Waals surface area contributed by atoms with Crippen LogP contribution in [-0.4, -0.2) is 7.05 Å². The third-order valence-corrected chi connectivity index (χ3v) is 1.62. The molecule has 0 aromatic heterocycles. The molecular formula is C12H18NY-. The van der Waals surface area contributed by atoms with Crippen molar-refractivity contribution in [3.8, 4) is 0 Å². The summed E-state index contributed by atoms with van der Waals surface area (Å²) >= 11 is 0. The molecule has 1 rings (SSSR count). The van der Waals surface area contributed by atoms with Crippen molar-refractivity contribution in [1.82, 2.24) is 0 Å². The normalized spacial score (nSPS) is 7.71. The van der Waals surface area contributed by atoms with Gasteiger partial charge in [-0.05, 0) is 7.05 Å². The molecule has 1 nitrogen and oxygen atoms in total. The molecule has 0 saturated carbocycles. The van der Waals surface area contributed by atoms with Crippen LogP contribution >= 0.6 is 0 Å². The Balaban J connectivity index is 0. The molecule has 2 heteroatoms. The maximum Gasteiger partial charge on any atom is 0 e. The van der Waals surface area contributed by atoms with Crippen molar-refractivity contribution < 1.29 is 32.7 Å². The molecule has 0 fully saturated rings. The molecule has 0 amide bonds. The van der Waals surface area contributed by atoms with E-state index in [1.165, 1.54) is 0 Å². The second-order valence-corrected chi connectivity index (χ2v) is 2.44. The monoisotopic (exact) mass is 265 g/mol. The zero-order valence-electron chi connectivity index (χ0n) is 9.52. The van der Waals surface area contributed by atoms with Crippen molar-refractivity contribution in [2.45, 2.75) is 20.8 Å². The van der Waals surface area contributed by atoms with E-state index in [2.05, 4.69) is 24.0 Å². The predicted molar refractivity (Wildman–Crippen MR) is 61.0 cm³/mol. The maximum absolute atomic E-state index is 3.73. The second-order valence-electron chi connectivity index (χ2n) is 2.44. The average molecular weight is 265 g/mol. The second kappa shape index (κ2) is 9.42. The molecule has 0 aliphatic rings. The fourth-order valence-electron chi connectivity index (χ4n) is 1.01. The van der Waals surface area contributed by atoms with Gasteiger partial charge in [0.1, 0.15) is 0 Å². The minimum absolute atomic E-state index is 0. The molecule has 0 atom stereocenters. The van der Waals surface area contributed by atoms with Crippen LogP contribution in [0.5, 0.6) is 0 Å². The van der Waals surface area contributed by atoms with Crippen LogP contribution in [0.2, 0.25) is 0 Å². The van der Waals surface area contributed by atoms with Crippen LogP contribution in [0.25, 0.3) is 6.08 Å². The minimum Gasteiger partial charge on any atom is -0.439 e. The van der Waals surface area contributed by atoms with Gasteiger partial charge < -0.3 is 5.32 Å². The summed E-state index contributed by atoms with van der Waals surface area (Å²) in [6.45, 7) is 9.75. The quantitative estimate of drug-likeness (QED) is 0.807. The summed E-state index contributed by atoms with van der Waals surface area (Å²) < 4.78 is 0. The van der Waals surface area contributed by atoms with Crippen LogP contribution in [0.15, 0.2) is 18.7 Å². The average Bonchev–Trinajstić information content (AvgIpc) is 2.20. The summed E-state index contributed by atoms with van der Waals surface area (Å²) in [6, 6.07) is 7.11. The maximum atomic E-state index is 3.73. The summed E-state index contributed by atoms with van der Waals surface area (Å²) in [5, 5.41) is 3.07. The van der Waals surface area contributed by atoms with Crippen LogP contribution in [0.3, 0.4) is 0 Å². The van der Waals surface area contributed by atoms with Gasteiger partial charge in [-0.2, -0.15) is 23.8 Å². The third-order valence-electron chi connectivity index (χ3n) is 1.62. The molecule has 75 valence electrons. The minimum atomic E-state index is 0. The van der Waals surface area contributed by atoms with Crippen molar-refractivity contribution in [3.63, 3.8) is 0 Å². The number of hydrogen-bond donors (Lipinski definition) is 1. The van der Waals surface area contributed by atoms with Gasteiger partial charge in [0.05, 0.1) is 0 Å². The van der Waals surface area contributed by atoms with E-state index in [9.17, 15) is 0 Å². The Labute approximate surface area is 113 Å². The van der Waals surface area contributed by atoms with Gasteiger partial charge in [-0.1, -0.05) is 32.5 Å². The van der Waals surface area contributed by atoms with Gasteiger partial charge in [0.2, 0.25) is 0 Å². The Hall–Kier alpha value is -0.136. The Kier molecular flexibility index (Phi) is 11.0. The summed E-state index contributed by atoms with van der Waals surface area (Å²) in [4.78, 5) is 0. The Morgan fingerprint density at radius 3 is 2.43 bits per heavy atom. The largest absolute Gasteiger partial charge is 0.439 e. The summed E-state index contributed by atoms with van der Waals surface area (Å²) in [6.07, 6.45) is 1.84. The fraction of sp³-hybridized carbons (Fsp3) is 0.333. The molecule has 1 aromatic rings. The fourth-order valence-corrected chi connectivity index (χ4v) is 1.01. The molecule has 1 aromatic carbocycles. The number of aryl methyl sites for hydroxylation is 1. The number of nitrogens with one attached hydrogen (secondary N) is 1. The van der Waals surface area contributed by atoms with Gasteiger partial charge >= 0.3 is 0 Å². The van der Waals surface area contributed by atoms with Crippen molar-refractivity contribution in [2.24, 2.45) is 0 Å². The summed E-state index contributed by atoms with van der Waals surface area (Å²) in [5.41, 5.74) is 3.34. The first-order valence-corrected chi connectivity index (χ1v) is 4.60. The first kappa shape index (κ1) is 16.3. The van der Waals surface area contributed by atoms with E-state index in [1.54, 1.807) is 0 Å². The zero-order valence-corrected chi connectivity index (χ0v) is 12.4. The van der Waals surface area contributed by atoms with Gasteiger partial charge in [0.15, 0.2) is 0 Å². The van der Waals surface area contributed by atoms with Crippen LogP contribution in [-0.2, 0) is 32.7 Å². The standard InChI is InChI=1S/C10H12N.C2H6.Y/c1-4-9-7-8(2)5-6-10(9)11-3;1-2;/h4,6-7,11H,1H2,2-3H3;1-2H3;/q-1;;. The molecule has 0 bridgehead atoms. The molecule has 1 radical (unpaired) electrons. The topological polar surface area (TPSA) is 12.0 Å². The summed E-state index contributed by atoms with van der Waals surface area (Å²) in [5.74, 6) is 0. The van der Waals surface area contributed by atoms with E-state index in [1.807, 2.05) is 40.0 Å². The Bertz CT molecular complexity index is 269. The van der Waals surface area contributed by atoms with Crippen LogP contribution < -0.4 is 5.32 Å². The van der Waals surface area contributed by atoms with E-state index in [0.29, 0.717) is 0 Å². The summed E-state index contributed by atoms with van der Waals surface area (Å²) in [7, 11) is 1.89. The van der Waals surface area contributed by atoms with Crippen LogP contribution in [0.4, 0.5) is 5.69 Å². The van der Waals surface area contributed by atoms with E-state index < -0.39 is 0 Å². The van der Waals surface area contributed by atoms with Gasteiger partial charge in [0.25, 0.3) is 0 Å². The molecule has 14 heavy (non-hydrogen) atoms. The number of rotatable bonds is 2. The Morgan fingerprint density at radius 2 is 2.00 bits per heavy atom. The predicted octanol–water partition coefficient (Wildman–Crippen LogP) is 3.50. The van der Waals surface area contributed by atoms with Gasteiger partial charge in [-0.15, -0.1) is 12.1 Å². The van der Waals surface area contributed by atoms with Gasteiger partial charge in [-0.25, -0.2) is 0 Å². The zero-order chi connectivity index (χ0) is 10.3. The molecule has 0 heterocycles. The molecular weight excluding hydrogens is 247 g/mol. The van der Waals surface area contributed by atoms with Crippen molar-refractivity contribution >= 4 is 11.8 Å². The first-order valence-electron chi connectivity index (χ1n) is 4.60. The Morgan fingerprint density at radius 1 is 1.43 bits per heavy atom. The van der Waals surface area contributed by atoms with E-state index in [0.717, 1.165) is 16.8 Å². The van der Waals surface area contributed by atoms with Crippen molar-refractivity contribution in [2.75, 3.05) is 12.4 Å². The van der Waals surface area contributed by atoms with Gasteiger partial charge in [0, 0.05) is 32.7 Å². The van der Waals surface area contributed by atoms with E-state index in [4.69, 9.17) is 0 Å². The number of anilines is 1. The number of benzene rings is 1. The van der Waals surface area contributed by atoms with Crippen molar-refractivity contribution in [1.29, 1.82) is 0 Å². The SMILES string of the molecule is C=Cc1cc(C)[c-]cc1NC.CC.[Y]. The molecule has 0 spiro atoms.